The maximum absolute atomic E-state index is 13.0. The number of methoxy groups -OCH3 is 1. The van der Waals surface area contributed by atoms with E-state index in [0.29, 0.717) is 34.9 Å². The third kappa shape index (κ3) is 2.57. The van der Waals surface area contributed by atoms with Crippen molar-refractivity contribution in [2.45, 2.75) is 6.54 Å². The van der Waals surface area contributed by atoms with Crippen molar-refractivity contribution in [1.82, 2.24) is 28.7 Å². The average molecular weight is 391 g/mol. The molecule has 0 saturated heterocycles. The Kier molecular flexibility index (Phi) is 3.66. The van der Waals surface area contributed by atoms with Gasteiger partial charge in [-0.15, -0.1) is 5.10 Å². The van der Waals surface area contributed by atoms with Crippen LogP contribution in [0.2, 0.25) is 0 Å². The van der Waals surface area contributed by atoms with E-state index in [0.717, 1.165) is 11.3 Å². The van der Waals surface area contributed by atoms with Crippen LogP contribution in [0.4, 0.5) is 5.95 Å². The Bertz CT molecular complexity index is 1390. The fourth-order valence-corrected chi connectivity index (χ4v) is 3.36. The number of furan rings is 1. The first-order chi connectivity index (χ1) is 14.1. The number of hydrogen-bond donors (Lipinski definition) is 1. The molecule has 0 atom stereocenters. The number of nitrogens with two attached hydrogens (primary N) is 1. The number of aromatic nitrogens is 6. The molecule has 146 valence electrons. The van der Waals surface area contributed by atoms with Crippen LogP contribution in [0.1, 0.15) is 5.56 Å². The molecule has 0 unspecified atom stereocenters. The van der Waals surface area contributed by atoms with Gasteiger partial charge >= 0.3 is 5.69 Å². The number of nitrogens with zero attached hydrogens (tertiary/aromatic N) is 6. The molecule has 0 aliphatic rings. The van der Waals surface area contributed by atoms with E-state index in [-0.39, 0.29) is 11.6 Å². The molecule has 1 aromatic carbocycles. The summed E-state index contributed by atoms with van der Waals surface area (Å²) in [6.45, 7) is 0.335. The van der Waals surface area contributed by atoms with E-state index < -0.39 is 0 Å². The van der Waals surface area contributed by atoms with Crippen LogP contribution in [0.15, 0.2) is 51.9 Å². The number of aryl methyl sites for hydroxylation is 1. The van der Waals surface area contributed by atoms with Crippen LogP contribution in [0.25, 0.3) is 28.4 Å². The first-order valence-corrected chi connectivity index (χ1v) is 8.85. The molecule has 0 fully saturated rings. The molecule has 10 nitrogen and oxygen atoms in total. The Morgan fingerprint density at radius 2 is 1.93 bits per heavy atom. The van der Waals surface area contributed by atoms with E-state index in [1.165, 1.54) is 9.08 Å². The van der Waals surface area contributed by atoms with E-state index in [4.69, 9.17) is 14.9 Å². The van der Waals surface area contributed by atoms with Crippen molar-refractivity contribution >= 4 is 22.8 Å². The summed E-state index contributed by atoms with van der Waals surface area (Å²) in [4.78, 5) is 21.9. The van der Waals surface area contributed by atoms with E-state index >= 15 is 0 Å². The van der Waals surface area contributed by atoms with Gasteiger partial charge in [-0.05, 0) is 29.8 Å². The fraction of sp³-hybridized carbons (Fsp3) is 0.158. The fourth-order valence-electron chi connectivity index (χ4n) is 3.36. The number of anilines is 1. The second-order valence-electron chi connectivity index (χ2n) is 6.57. The molecule has 5 aromatic rings. The number of hydrogen-bond acceptors (Lipinski definition) is 7. The maximum atomic E-state index is 13.0. The predicted octanol–water partition coefficient (Wildman–Crippen LogP) is 1.68. The van der Waals surface area contributed by atoms with Crippen molar-refractivity contribution in [3.05, 3.63) is 58.7 Å². The van der Waals surface area contributed by atoms with Crippen molar-refractivity contribution in [3.8, 4) is 17.3 Å². The lowest BCUT2D eigenvalue weighted by molar-refractivity contribution is 0.414. The molecule has 0 aliphatic heterocycles. The summed E-state index contributed by atoms with van der Waals surface area (Å²) in [5, 5.41) is 4.37. The normalized spacial score (nSPS) is 11.5. The first-order valence-electron chi connectivity index (χ1n) is 8.85. The highest BCUT2D eigenvalue weighted by Gasteiger charge is 2.21. The Morgan fingerprint density at radius 1 is 1.14 bits per heavy atom. The summed E-state index contributed by atoms with van der Waals surface area (Å²) in [6, 6.07) is 11.0. The summed E-state index contributed by atoms with van der Waals surface area (Å²) in [7, 11) is 3.28. The lowest BCUT2D eigenvalue weighted by Gasteiger charge is -2.05. The highest BCUT2D eigenvalue weighted by Crippen LogP contribution is 2.23. The van der Waals surface area contributed by atoms with E-state index in [1.807, 2.05) is 24.3 Å². The number of rotatable bonds is 4. The van der Waals surface area contributed by atoms with Gasteiger partial charge in [0.15, 0.2) is 17.1 Å². The van der Waals surface area contributed by atoms with Gasteiger partial charge in [0.25, 0.3) is 0 Å². The lowest BCUT2D eigenvalue weighted by Crippen LogP contribution is -2.22. The average Bonchev–Trinajstić information content (AvgIpc) is 3.45. The lowest BCUT2D eigenvalue weighted by atomic mass is 10.2. The van der Waals surface area contributed by atoms with Crippen LogP contribution in [0.5, 0.6) is 5.75 Å². The van der Waals surface area contributed by atoms with Gasteiger partial charge in [0.05, 0.1) is 19.9 Å². The molecule has 0 bridgehead atoms. The molecule has 5 rings (SSSR count). The van der Waals surface area contributed by atoms with Gasteiger partial charge in [0, 0.05) is 7.05 Å². The quantitative estimate of drug-likeness (QED) is 0.495. The van der Waals surface area contributed by atoms with E-state index in [1.54, 1.807) is 37.1 Å². The molecular weight excluding hydrogens is 374 g/mol. The van der Waals surface area contributed by atoms with Gasteiger partial charge in [-0.1, -0.05) is 12.1 Å². The van der Waals surface area contributed by atoms with Crippen LogP contribution in [0.3, 0.4) is 0 Å². The second-order valence-corrected chi connectivity index (χ2v) is 6.57. The Morgan fingerprint density at radius 3 is 2.62 bits per heavy atom. The van der Waals surface area contributed by atoms with Gasteiger partial charge in [-0.2, -0.15) is 9.50 Å². The molecule has 0 saturated carbocycles. The zero-order valence-corrected chi connectivity index (χ0v) is 15.7. The topological polar surface area (TPSA) is 118 Å². The smallest absolute Gasteiger partial charge is 0.330 e. The number of benzene rings is 1. The zero-order valence-electron chi connectivity index (χ0n) is 15.7. The van der Waals surface area contributed by atoms with Gasteiger partial charge in [0.1, 0.15) is 11.3 Å². The van der Waals surface area contributed by atoms with E-state index in [9.17, 15) is 4.79 Å². The molecule has 4 heterocycles. The molecule has 0 spiro atoms. The maximum Gasteiger partial charge on any atom is 0.330 e. The van der Waals surface area contributed by atoms with Gasteiger partial charge < -0.3 is 14.9 Å². The first kappa shape index (κ1) is 17.0. The monoisotopic (exact) mass is 391 g/mol. The van der Waals surface area contributed by atoms with Crippen LogP contribution in [0, 0.1) is 0 Å². The number of imidazole rings is 1. The molecule has 0 aliphatic carbocycles. The minimum absolute atomic E-state index is 0.131. The summed E-state index contributed by atoms with van der Waals surface area (Å²) < 4.78 is 15.0. The SMILES string of the molecule is COc1ccc(Cn2c(=O)n(C)c3c2nc(N)n2nc(-c4ccco4)nc32)cc1. The number of ether oxygens (including phenoxy) is 1. The third-order valence-corrected chi connectivity index (χ3v) is 4.82. The van der Waals surface area contributed by atoms with Crippen LogP contribution in [-0.4, -0.2) is 35.8 Å². The number of fused-ring (bicyclic) bond motifs is 3. The third-order valence-electron chi connectivity index (χ3n) is 4.82. The summed E-state index contributed by atoms with van der Waals surface area (Å²) >= 11 is 0. The van der Waals surface area contributed by atoms with Crippen molar-refractivity contribution in [2.75, 3.05) is 12.8 Å². The molecular formula is C19H17N7O3. The summed E-state index contributed by atoms with van der Waals surface area (Å²) in [6.07, 6.45) is 1.54. The number of nitrogen functional groups attached to an aromatic ring is 1. The van der Waals surface area contributed by atoms with Crippen molar-refractivity contribution in [3.63, 3.8) is 0 Å². The summed E-state index contributed by atoms with van der Waals surface area (Å²) in [5.41, 5.74) is 8.25. The molecule has 10 heteroatoms. The largest absolute Gasteiger partial charge is 0.497 e. The standard InChI is InChI=1S/C19H17N7O3/c1-24-14-16(25(19(24)27)10-11-5-7-12(28-2)8-6-11)22-18(20)26-17(14)21-15(23-26)13-4-3-9-29-13/h3-9H,10H2,1-2H3,(H2,20,22). The van der Waals surface area contributed by atoms with Gasteiger partial charge in [-0.25, -0.2) is 9.78 Å². The Labute approximate surface area is 163 Å². The van der Waals surface area contributed by atoms with Crippen LogP contribution >= 0.6 is 0 Å². The minimum atomic E-state index is -0.224. The van der Waals surface area contributed by atoms with Crippen molar-refractivity contribution in [1.29, 1.82) is 0 Å². The highest BCUT2D eigenvalue weighted by atomic mass is 16.5. The molecule has 2 N–H and O–H groups in total. The van der Waals surface area contributed by atoms with Gasteiger partial charge in [-0.3, -0.25) is 9.13 Å². The Balaban J connectivity index is 1.71. The zero-order chi connectivity index (χ0) is 20.1. The second kappa shape index (κ2) is 6.23. The van der Waals surface area contributed by atoms with Crippen molar-refractivity contribution < 1.29 is 9.15 Å². The van der Waals surface area contributed by atoms with Crippen LogP contribution in [-0.2, 0) is 13.6 Å². The Hall–Kier alpha value is -4.08. The summed E-state index contributed by atoms with van der Waals surface area (Å²) in [5.74, 6) is 1.75. The highest BCUT2D eigenvalue weighted by molar-refractivity contribution is 5.88. The van der Waals surface area contributed by atoms with E-state index in [2.05, 4.69) is 15.1 Å². The molecule has 29 heavy (non-hydrogen) atoms. The van der Waals surface area contributed by atoms with Gasteiger partial charge in [0.2, 0.25) is 11.8 Å². The molecule has 0 radical (unpaired) electrons. The van der Waals surface area contributed by atoms with Crippen LogP contribution < -0.4 is 16.2 Å². The van der Waals surface area contributed by atoms with Crippen molar-refractivity contribution in [2.24, 2.45) is 7.05 Å². The molecule has 4 aromatic heterocycles. The predicted molar refractivity (Wildman–Crippen MR) is 106 cm³/mol. The molecule has 0 amide bonds. The minimum Gasteiger partial charge on any atom is -0.497 e.